The summed E-state index contributed by atoms with van der Waals surface area (Å²) in [6, 6.07) is 9.68. The van der Waals surface area contributed by atoms with Crippen molar-refractivity contribution in [2.24, 2.45) is 0 Å². The van der Waals surface area contributed by atoms with Crippen LogP contribution in [0.25, 0.3) is 0 Å². The van der Waals surface area contributed by atoms with E-state index in [0.29, 0.717) is 17.7 Å². The quantitative estimate of drug-likeness (QED) is 0.752. The Morgan fingerprint density at radius 3 is 2.62 bits per heavy atom. The maximum Gasteiger partial charge on any atom is 0.238 e. The van der Waals surface area contributed by atoms with Gasteiger partial charge in [0, 0.05) is 30.9 Å². The highest BCUT2D eigenvalue weighted by Gasteiger charge is 2.13. The molecule has 0 aliphatic heterocycles. The number of aryl methyl sites for hydroxylation is 3. The molecule has 0 aliphatic rings. The normalized spacial score (nSPS) is 12.0. The highest BCUT2D eigenvalue weighted by Crippen LogP contribution is 2.29. The smallest absolute Gasteiger partial charge is 0.238 e. The zero-order valence-electron chi connectivity index (χ0n) is 14.2. The fourth-order valence-electron chi connectivity index (χ4n) is 2.28. The molecular formula is C18H20N4O2. The molecule has 0 bridgehead atoms. The van der Waals surface area contributed by atoms with E-state index in [9.17, 15) is 0 Å². The van der Waals surface area contributed by atoms with Gasteiger partial charge in [-0.05, 0) is 44.0 Å². The first kappa shape index (κ1) is 16.0. The zero-order valence-corrected chi connectivity index (χ0v) is 14.2. The SMILES string of the molecule is Cc1ccnc(Oc2cc(N[C@@H](C)c3nnc(C)o3)ccc2C)c1. The van der Waals surface area contributed by atoms with Gasteiger partial charge in [-0.2, -0.15) is 0 Å². The lowest BCUT2D eigenvalue weighted by atomic mass is 10.2. The lowest BCUT2D eigenvalue weighted by Crippen LogP contribution is -2.07. The first-order valence-corrected chi connectivity index (χ1v) is 7.79. The van der Waals surface area contributed by atoms with Crippen LogP contribution >= 0.6 is 0 Å². The summed E-state index contributed by atoms with van der Waals surface area (Å²) in [5, 5.41) is 11.2. The summed E-state index contributed by atoms with van der Waals surface area (Å²) in [5.74, 6) is 2.44. The second-order valence-corrected chi connectivity index (χ2v) is 5.78. The molecule has 0 unspecified atom stereocenters. The number of rotatable bonds is 5. The molecule has 0 spiro atoms. The van der Waals surface area contributed by atoms with Crippen LogP contribution in [0.15, 0.2) is 40.9 Å². The average Bonchev–Trinajstić information content (AvgIpc) is 2.97. The van der Waals surface area contributed by atoms with E-state index in [2.05, 4.69) is 20.5 Å². The van der Waals surface area contributed by atoms with Crippen molar-refractivity contribution in [2.75, 3.05) is 5.32 Å². The standard InChI is InChI=1S/C18H20N4O2/c1-11-7-8-19-17(9-11)24-16-10-15(6-5-12(16)2)20-13(3)18-22-21-14(4)23-18/h5-10,13,20H,1-4H3/t13-/m0/s1. The van der Waals surface area contributed by atoms with E-state index in [1.54, 1.807) is 13.1 Å². The summed E-state index contributed by atoms with van der Waals surface area (Å²) in [7, 11) is 0. The van der Waals surface area contributed by atoms with E-state index in [-0.39, 0.29) is 6.04 Å². The minimum Gasteiger partial charge on any atom is -0.439 e. The molecule has 24 heavy (non-hydrogen) atoms. The van der Waals surface area contributed by atoms with Gasteiger partial charge in [0.15, 0.2) is 0 Å². The number of ether oxygens (including phenoxy) is 1. The molecule has 6 heteroatoms. The summed E-state index contributed by atoms with van der Waals surface area (Å²) in [6.45, 7) is 7.75. The Labute approximate surface area is 140 Å². The highest BCUT2D eigenvalue weighted by atomic mass is 16.5. The van der Waals surface area contributed by atoms with Crippen molar-refractivity contribution in [3.05, 3.63) is 59.4 Å². The molecule has 6 nitrogen and oxygen atoms in total. The maximum absolute atomic E-state index is 5.92. The predicted molar refractivity (Wildman–Crippen MR) is 91.3 cm³/mol. The summed E-state index contributed by atoms with van der Waals surface area (Å²) < 4.78 is 11.4. The topological polar surface area (TPSA) is 73.1 Å². The van der Waals surface area contributed by atoms with Crippen molar-refractivity contribution < 1.29 is 9.15 Å². The van der Waals surface area contributed by atoms with Crippen LogP contribution in [-0.2, 0) is 0 Å². The molecule has 2 aromatic heterocycles. The third kappa shape index (κ3) is 3.71. The van der Waals surface area contributed by atoms with Crippen molar-refractivity contribution in [3.63, 3.8) is 0 Å². The van der Waals surface area contributed by atoms with Crippen LogP contribution in [-0.4, -0.2) is 15.2 Å². The number of aromatic nitrogens is 3. The molecule has 0 fully saturated rings. The Balaban J connectivity index is 1.78. The molecule has 2 heterocycles. The number of benzene rings is 1. The van der Waals surface area contributed by atoms with Crippen molar-refractivity contribution in [3.8, 4) is 11.6 Å². The Morgan fingerprint density at radius 2 is 1.92 bits per heavy atom. The third-order valence-corrected chi connectivity index (χ3v) is 3.59. The van der Waals surface area contributed by atoms with Gasteiger partial charge in [0.2, 0.25) is 17.7 Å². The Kier molecular flexibility index (Phi) is 4.46. The van der Waals surface area contributed by atoms with Crippen molar-refractivity contribution in [1.29, 1.82) is 0 Å². The maximum atomic E-state index is 5.92. The second kappa shape index (κ2) is 6.70. The van der Waals surface area contributed by atoms with Gasteiger partial charge in [-0.15, -0.1) is 10.2 Å². The number of nitrogens with one attached hydrogen (secondary N) is 1. The van der Waals surface area contributed by atoms with Crippen molar-refractivity contribution >= 4 is 5.69 Å². The van der Waals surface area contributed by atoms with Gasteiger partial charge in [0.1, 0.15) is 11.8 Å². The molecule has 1 N–H and O–H groups in total. The number of pyridine rings is 1. The second-order valence-electron chi connectivity index (χ2n) is 5.78. The molecule has 0 radical (unpaired) electrons. The average molecular weight is 324 g/mol. The van der Waals surface area contributed by atoms with E-state index >= 15 is 0 Å². The van der Waals surface area contributed by atoms with Crippen molar-refractivity contribution in [1.82, 2.24) is 15.2 Å². The molecule has 0 aliphatic carbocycles. The fraction of sp³-hybridized carbons (Fsp3) is 0.278. The van der Waals surface area contributed by atoms with Gasteiger partial charge in [-0.25, -0.2) is 4.98 Å². The Hall–Kier alpha value is -2.89. The van der Waals surface area contributed by atoms with Crippen LogP contribution < -0.4 is 10.1 Å². The van der Waals surface area contributed by atoms with Gasteiger partial charge in [0.25, 0.3) is 0 Å². The minimum absolute atomic E-state index is 0.0983. The summed E-state index contributed by atoms with van der Waals surface area (Å²) >= 11 is 0. The molecular weight excluding hydrogens is 304 g/mol. The van der Waals surface area contributed by atoms with Gasteiger partial charge < -0.3 is 14.5 Å². The van der Waals surface area contributed by atoms with Crippen LogP contribution in [0.5, 0.6) is 11.6 Å². The van der Waals surface area contributed by atoms with Crippen LogP contribution in [0.4, 0.5) is 5.69 Å². The number of anilines is 1. The molecule has 1 atom stereocenters. The van der Waals surface area contributed by atoms with Gasteiger partial charge in [0.05, 0.1) is 0 Å². The first-order chi connectivity index (χ1) is 11.5. The molecule has 0 amide bonds. The Bertz CT molecular complexity index is 845. The molecule has 3 rings (SSSR count). The largest absolute Gasteiger partial charge is 0.439 e. The minimum atomic E-state index is -0.0983. The van der Waals surface area contributed by atoms with Gasteiger partial charge in [-0.3, -0.25) is 0 Å². The van der Waals surface area contributed by atoms with Crippen LogP contribution in [0.3, 0.4) is 0 Å². The van der Waals surface area contributed by atoms with Crippen molar-refractivity contribution in [2.45, 2.75) is 33.7 Å². The zero-order chi connectivity index (χ0) is 17.1. The van der Waals surface area contributed by atoms with Crippen LogP contribution in [0.2, 0.25) is 0 Å². The monoisotopic (exact) mass is 324 g/mol. The predicted octanol–water partition coefficient (Wildman–Crippen LogP) is 4.36. The van der Waals surface area contributed by atoms with Crippen LogP contribution in [0.1, 0.15) is 35.9 Å². The molecule has 0 saturated heterocycles. The Morgan fingerprint density at radius 1 is 1.08 bits per heavy atom. The van der Waals surface area contributed by atoms with Crippen LogP contribution in [0, 0.1) is 20.8 Å². The summed E-state index contributed by atoms with van der Waals surface area (Å²) in [5.41, 5.74) is 3.05. The van der Waals surface area contributed by atoms with E-state index in [4.69, 9.17) is 9.15 Å². The number of nitrogens with zero attached hydrogens (tertiary/aromatic N) is 3. The summed E-state index contributed by atoms with van der Waals surface area (Å²) in [6.07, 6.45) is 1.74. The highest BCUT2D eigenvalue weighted by molar-refractivity contribution is 5.53. The first-order valence-electron chi connectivity index (χ1n) is 7.79. The number of hydrogen-bond donors (Lipinski definition) is 1. The summed E-state index contributed by atoms with van der Waals surface area (Å²) in [4.78, 5) is 4.24. The molecule has 3 aromatic rings. The lowest BCUT2D eigenvalue weighted by Gasteiger charge is -2.14. The van der Waals surface area contributed by atoms with E-state index in [1.807, 2.05) is 51.1 Å². The third-order valence-electron chi connectivity index (χ3n) is 3.59. The molecule has 124 valence electrons. The van der Waals surface area contributed by atoms with Gasteiger partial charge in [-0.1, -0.05) is 6.07 Å². The van der Waals surface area contributed by atoms with E-state index in [0.717, 1.165) is 22.6 Å². The van der Waals surface area contributed by atoms with Gasteiger partial charge >= 0.3 is 0 Å². The van der Waals surface area contributed by atoms with E-state index < -0.39 is 0 Å². The molecule has 0 saturated carbocycles. The fourth-order valence-corrected chi connectivity index (χ4v) is 2.28. The molecule has 1 aromatic carbocycles. The van der Waals surface area contributed by atoms with E-state index in [1.165, 1.54) is 0 Å². The number of hydrogen-bond acceptors (Lipinski definition) is 6. The lowest BCUT2D eigenvalue weighted by molar-refractivity contribution is 0.450.